The molecule has 2 nitrogen and oxygen atoms in total. The van der Waals surface area contributed by atoms with Crippen LogP contribution in [0.5, 0.6) is 5.75 Å². The molecule has 0 N–H and O–H groups in total. The average Bonchev–Trinajstić information content (AvgIpc) is 2.95. The van der Waals surface area contributed by atoms with Crippen molar-refractivity contribution in [2.24, 2.45) is 0 Å². The van der Waals surface area contributed by atoms with Crippen LogP contribution in [0.4, 0.5) is 0 Å². The van der Waals surface area contributed by atoms with E-state index in [-0.39, 0.29) is 23.2 Å². The minimum Gasteiger partial charge on any atom is -0.485 e. The van der Waals surface area contributed by atoms with E-state index in [1.807, 2.05) is 0 Å². The van der Waals surface area contributed by atoms with Crippen molar-refractivity contribution in [1.82, 2.24) is 0 Å². The highest BCUT2D eigenvalue weighted by Crippen LogP contribution is 2.54. The molecule has 0 spiro atoms. The molecule has 2 unspecified atom stereocenters. The minimum absolute atomic E-state index is 0.173. The molecule has 2 heteroatoms. The van der Waals surface area contributed by atoms with E-state index in [9.17, 15) is 0 Å². The number of benzene rings is 1. The number of hydrogen-bond donors (Lipinski definition) is 0. The van der Waals surface area contributed by atoms with Gasteiger partial charge in [-0.25, -0.2) is 0 Å². The van der Waals surface area contributed by atoms with Crippen LogP contribution in [-0.2, 0) is 10.2 Å². The fraction of sp³-hybridized carbons (Fsp3) is 0.600. The van der Waals surface area contributed by atoms with Crippen molar-refractivity contribution in [3.05, 3.63) is 29.3 Å². The molecule has 2 aliphatic rings. The van der Waals surface area contributed by atoms with Crippen molar-refractivity contribution in [3.8, 4) is 5.75 Å². The van der Waals surface area contributed by atoms with Crippen LogP contribution in [-0.4, -0.2) is 11.7 Å². The fourth-order valence-electron chi connectivity index (χ4n) is 2.55. The monoisotopic (exact) mass is 232 g/mol. The van der Waals surface area contributed by atoms with Crippen LogP contribution in [0, 0.1) is 0 Å². The van der Waals surface area contributed by atoms with Gasteiger partial charge in [-0.05, 0) is 37.0 Å². The lowest BCUT2D eigenvalue weighted by Crippen LogP contribution is -2.37. The molecule has 1 fully saturated rings. The standard InChI is InChI=1S/C15H20O2/c1-14(2,3)9-6-7-11-10(8-9)12-13(16-12)15(4,5)17-11/h6-8,12-13H,1-5H3. The summed E-state index contributed by atoms with van der Waals surface area (Å²) >= 11 is 0. The Kier molecular flexibility index (Phi) is 1.99. The summed E-state index contributed by atoms with van der Waals surface area (Å²) in [5.74, 6) is 0.988. The first kappa shape index (κ1) is 11.1. The van der Waals surface area contributed by atoms with Crippen LogP contribution in [0.15, 0.2) is 18.2 Å². The zero-order valence-electron chi connectivity index (χ0n) is 11.2. The zero-order valence-corrected chi connectivity index (χ0v) is 11.2. The van der Waals surface area contributed by atoms with E-state index in [2.05, 4.69) is 52.8 Å². The highest BCUT2D eigenvalue weighted by Gasteiger charge is 2.56. The molecule has 2 atom stereocenters. The highest BCUT2D eigenvalue weighted by atomic mass is 16.6. The summed E-state index contributed by atoms with van der Waals surface area (Å²) in [6.45, 7) is 10.9. The molecule has 0 bridgehead atoms. The van der Waals surface area contributed by atoms with Gasteiger partial charge >= 0.3 is 0 Å². The van der Waals surface area contributed by atoms with Gasteiger partial charge in [0.05, 0.1) is 0 Å². The molecular weight excluding hydrogens is 212 g/mol. The van der Waals surface area contributed by atoms with Gasteiger partial charge in [-0.1, -0.05) is 26.8 Å². The number of epoxide rings is 1. The average molecular weight is 232 g/mol. The van der Waals surface area contributed by atoms with Gasteiger partial charge in [0, 0.05) is 5.56 Å². The quantitative estimate of drug-likeness (QED) is 0.637. The number of rotatable bonds is 0. The topological polar surface area (TPSA) is 21.8 Å². The highest BCUT2D eigenvalue weighted by molar-refractivity contribution is 5.46. The van der Waals surface area contributed by atoms with Gasteiger partial charge in [0.25, 0.3) is 0 Å². The van der Waals surface area contributed by atoms with Crippen molar-refractivity contribution in [1.29, 1.82) is 0 Å². The number of hydrogen-bond acceptors (Lipinski definition) is 2. The van der Waals surface area contributed by atoms with Gasteiger partial charge in [-0.2, -0.15) is 0 Å². The molecule has 17 heavy (non-hydrogen) atoms. The van der Waals surface area contributed by atoms with E-state index in [1.54, 1.807) is 0 Å². The van der Waals surface area contributed by atoms with E-state index in [1.165, 1.54) is 11.1 Å². The first-order valence-corrected chi connectivity index (χ1v) is 6.28. The SMILES string of the molecule is CC(C)(C)c1ccc2c(c1)C1OC1C(C)(C)O2. The molecule has 0 aromatic heterocycles. The summed E-state index contributed by atoms with van der Waals surface area (Å²) in [5.41, 5.74) is 2.54. The van der Waals surface area contributed by atoms with E-state index in [0.29, 0.717) is 0 Å². The molecule has 2 heterocycles. The lowest BCUT2D eigenvalue weighted by molar-refractivity contribution is 0.0725. The van der Waals surface area contributed by atoms with Crippen molar-refractivity contribution in [2.45, 2.75) is 57.8 Å². The third-order valence-corrected chi connectivity index (χ3v) is 3.73. The summed E-state index contributed by atoms with van der Waals surface area (Å²) in [5, 5.41) is 0. The van der Waals surface area contributed by atoms with Crippen LogP contribution in [0.25, 0.3) is 0 Å². The van der Waals surface area contributed by atoms with E-state index < -0.39 is 0 Å². The Bertz CT molecular complexity index is 468. The molecule has 3 rings (SSSR count). The van der Waals surface area contributed by atoms with E-state index in [4.69, 9.17) is 9.47 Å². The normalized spacial score (nSPS) is 29.0. The van der Waals surface area contributed by atoms with Crippen molar-refractivity contribution in [2.75, 3.05) is 0 Å². The van der Waals surface area contributed by atoms with Crippen LogP contribution in [0.1, 0.15) is 51.8 Å². The summed E-state index contributed by atoms with van der Waals surface area (Å²) in [6, 6.07) is 6.50. The second kappa shape index (κ2) is 3.05. The second-order valence-corrected chi connectivity index (χ2v) is 6.69. The van der Waals surface area contributed by atoms with Gasteiger partial charge in [0.1, 0.15) is 23.6 Å². The van der Waals surface area contributed by atoms with Crippen LogP contribution in [0.2, 0.25) is 0 Å². The molecule has 0 radical (unpaired) electrons. The Morgan fingerprint density at radius 1 is 1.18 bits per heavy atom. The van der Waals surface area contributed by atoms with Gasteiger partial charge in [0.15, 0.2) is 0 Å². The molecule has 92 valence electrons. The first-order chi connectivity index (χ1) is 7.79. The van der Waals surface area contributed by atoms with Crippen LogP contribution in [0.3, 0.4) is 0 Å². The zero-order chi connectivity index (χ0) is 12.4. The summed E-state index contributed by atoms with van der Waals surface area (Å²) < 4.78 is 11.8. The lowest BCUT2D eigenvalue weighted by atomic mass is 9.84. The van der Waals surface area contributed by atoms with Crippen LogP contribution < -0.4 is 4.74 Å². The largest absolute Gasteiger partial charge is 0.485 e. The molecule has 0 saturated carbocycles. The van der Waals surface area contributed by atoms with Gasteiger partial charge in [-0.15, -0.1) is 0 Å². The number of ether oxygens (including phenoxy) is 2. The Morgan fingerprint density at radius 3 is 2.53 bits per heavy atom. The maximum absolute atomic E-state index is 6.02. The fourth-order valence-corrected chi connectivity index (χ4v) is 2.55. The number of fused-ring (bicyclic) bond motifs is 3. The predicted octanol–water partition coefficient (Wildman–Crippen LogP) is 3.60. The summed E-state index contributed by atoms with van der Waals surface area (Å²) in [6.07, 6.45) is 0.473. The molecule has 2 aliphatic heterocycles. The van der Waals surface area contributed by atoms with Gasteiger partial charge < -0.3 is 9.47 Å². The lowest BCUT2D eigenvalue weighted by Gasteiger charge is -2.30. The smallest absolute Gasteiger partial charge is 0.132 e. The van der Waals surface area contributed by atoms with Crippen molar-refractivity contribution in [3.63, 3.8) is 0 Å². The summed E-state index contributed by atoms with van der Waals surface area (Å²) in [4.78, 5) is 0. The third-order valence-electron chi connectivity index (χ3n) is 3.73. The Balaban J connectivity index is 2.04. The van der Waals surface area contributed by atoms with E-state index in [0.717, 1.165) is 5.75 Å². The first-order valence-electron chi connectivity index (χ1n) is 6.28. The molecule has 1 aromatic rings. The maximum atomic E-state index is 6.02. The van der Waals surface area contributed by atoms with Crippen molar-refractivity contribution >= 4 is 0 Å². The Labute approximate surface area is 103 Å². The molecule has 0 aliphatic carbocycles. The maximum Gasteiger partial charge on any atom is 0.132 e. The second-order valence-electron chi connectivity index (χ2n) is 6.69. The third kappa shape index (κ3) is 1.66. The van der Waals surface area contributed by atoms with Gasteiger partial charge in [-0.3, -0.25) is 0 Å². The van der Waals surface area contributed by atoms with E-state index >= 15 is 0 Å². The van der Waals surface area contributed by atoms with Crippen molar-refractivity contribution < 1.29 is 9.47 Å². The minimum atomic E-state index is -0.194. The molecular formula is C15H20O2. The Morgan fingerprint density at radius 2 is 1.88 bits per heavy atom. The van der Waals surface area contributed by atoms with Gasteiger partial charge in [0.2, 0.25) is 0 Å². The summed E-state index contributed by atoms with van der Waals surface area (Å²) in [7, 11) is 0. The molecule has 1 aromatic carbocycles. The Hall–Kier alpha value is -1.02. The molecule has 0 amide bonds. The predicted molar refractivity (Wildman–Crippen MR) is 67.5 cm³/mol. The molecule has 1 saturated heterocycles. The van der Waals surface area contributed by atoms with Crippen LogP contribution >= 0.6 is 0 Å².